The van der Waals surface area contributed by atoms with Crippen molar-refractivity contribution >= 4 is 0 Å². The van der Waals surface area contributed by atoms with Crippen LogP contribution in [0.4, 0.5) is 0 Å². The predicted molar refractivity (Wildman–Crippen MR) is 94.8 cm³/mol. The smallest absolute Gasteiger partial charge is 0.176 e. The Morgan fingerprint density at radius 3 is 2.58 bits per heavy atom. The zero-order valence-electron chi connectivity index (χ0n) is 14.4. The summed E-state index contributed by atoms with van der Waals surface area (Å²) in [5.74, 6) is 0.825. The zero-order chi connectivity index (χ0) is 17.0. The summed E-state index contributed by atoms with van der Waals surface area (Å²) in [5.41, 5.74) is 3.09. The second kappa shape index (κ2) is 6.93. The van der Waals surface area contributed by atoms with E-state index in [0.717, 1.165) is 24.5 Å². The summed E-state index contributed by atoms with van der Waals surface area (Å²) >= 11 is 0. The lowest BCUT2D eigenvalue weighted by molar-refractivity contribution is 0.324. The van der Waals surface area contributed by atoms with Gasteiger partial charge in [-0.25, -0.2) is 0 Å². The van der Waals surface area contributed by atoms with E-state index in [1.54, 1.807) is 0 Å². The number of nitrogens with one attached hydrogen (secondary N) is 1. The third kappa shape index (κ3) is 3.36. The monoisotopic (exact) mass is 321 g/mol. The van der Waals surface area contributed by atoms with E-state index in [1.165, 1.54) is 11.1 Å². The maximum Gasteiger partial charge on any atom is 0.176 e. The molecule has 0 bridgehead atoms. The van der Waals surface area contributed by atoms with Crippen LogP contribution in [0.5, 0.6) is 0 Å². The zero-order valence-corrected chi connectivity index (χ0v) is 14.4. The maximum absolute atomic E-state index is 4.32. The highest BCUT2D eigenvalue weighted by Crippen LogP contribution is 2.25. The molecular weight excluding hydrogens is 298 g/mol. The maximum atomic E-state index is 4.32. The van der Waals surface area contributed by atoms with Gasteiger partial charge in [-0.2, -0.15) is 4.68 Å². The van der Waals surface area contributed by atoms with Gasteiger partial charge in [0.15, 0.2) is 5.82 Å². The van der Waals surface area contributed by atoms with Crippen LogP contribution in [0.1, 0.15) is 37.2 Å². The first-order chi connectivity index (χ1) is 11.6. The molecule has 0 aliphatic rings. The molecule has 0 aliphatic carbocycles. The van der Waals surface area contributed by atoms with E-state index in [2.05, 4.69) is 78.0 Å². The standard InChI is InChI=1S/C19H23N5/c1-4-19(3,20-14-16-10-6-5-7-11-16)18-21-22-23-24(18)17-12-8-9-15(2)13-17/h5-13,20H,4,14H2,1-3H3/t19-/m1/s1. The van der Waals surface area contributed by atoms with Gasteiger partial charge in [-0.15, -0.1) is 5.10 Å². The molecule has 0 spiro atoms. The molecule has 1 N–H and O–H groups in total. The molecule has 2 aromatic carbocycles. The SMILES string of the molecule is CC[C@@](C)(NCc1ccccc1)c1nnnn1-c1cccc(C)c1. The fourth-order valence-electron chi connectivity index (χ4n) is 2.72. The normalized spacial score (nSPS) is 13.6. The minimum Gasteiger partial charge on any atom is -0.301 e. The predicted octanol–water partition coefficient (Wildman–Crippen LogP) is 3.39. The first-order valence-electron chi connectivity index (χ1n) is 8.27. The van der Waals surface area contributed by atoms with Gasteiger partial charge in [-0.1, -0.05) is 49.4 Å². The van der Waals surface area contributed by atoms with Crippen LogP contribution in [0.25, 0.3) is 5.69 Å². The molecule has 0 radical (unpaired) electrons. The van der Waals surface area contributed by atoms with Crippen molar-refractivity contribution < 1.29 is 0 Å². The van der Waals surface area contributed by atoms with E-state index in [-0.39, 0.29) is 5.54 Å². The van der Waals surface area contributed by atoms with E-state index < -0.39 is 0 Å². The Morgan fingerprint density at radius 2 is 1.88 bits per heavy atom. The number of tetrazole rings is 1. The molecule has 3 aromatic rings. The van der Waals surface area contributed by atoms with Crippen LogP contribution in [0.3, 0.4) is 0 Å². The molecule has 0 amide bonds. The molecule has 1 atom stereocenters. The van der Waals surface area contributed by atoms with Crippen molar-refractivity contribution in [2.75, 3.05) is 0 Å². The molecule has 5 heteroatoms. The van der Waals surface area contributed by atoms with Gasteiger partial charge in [0.1, 0.15) is 0 Å². The molecule has 0 fully saturated rings. The van der Waals surface area contributed by atoms with Gasteiger partial charge in [0, 0.05) is 6.54 Å². The Hall–Kier alpha value is -2.53. The molecule has 0 saturated heterocycles. The van der Waals surface area contributed by atoms with Gasteiger partial charge < -0.3 is 5.32 Å². The number of benzene rings is 2. The van der Waals surface area contributed by atoms with Crippen molar-refractivity contribution in [2.45, 2.75) is 39.3 Å². The van der Waals surface area contributed by atoms with Crippen molar-refractivity contribution in [1.29, 1.82) is 0 Å². The van der Waals surface area contributed by atoms with Crippen molar-refractivity contribution in [3.63, 3.8) is 0 Å². The molecule has 0 aliphatic heterocycles. The van der Waals surface area contributed by atoms with Crippen molar-refractivity contribution in [2.24, 2.45) is 0 Å². The summed E-state index contributed by atoms with van der Waals surface area (Å²) in [6, 6.07) is 18.6. The van der Waals surface area contributed by atoms with Gasteiger partial charge in [-0.05, 0) is 54.0 Å². The third-order valence-electron chi connectivity index (χ3n) is 4.44. The van der Waals surface area contributed by atoms with E-state index in [9.17, 15) is 0 Å². The summed E-state index contributed by atoms with van der Waals surface area (Å²) in [6.45, 7) is 7.13. The van der Waals surface area contributed by atoms with Gasteiger partial charge in [0.05, 0.1) is 11.2 Å². The Bertz CT molecular complexity index is 796. The van der Waals surface area contributed by atoms with Crippen LogP contribution >= 0.6 is 0 Å². The Morgan fingerprint density at radius 1 is 1.08 bits per heavy atom. The first-order valence-corrected chi connectivity index (χ1v) is 8.27. The highest BCUT2D eigenvalue weighted by Gasteiger charge is 2.31. The second-order valence-corrected chi connectivity index (χ2v) is 6.28. The first kappa shape index (κ1) is 16.3. The summed E-state index contributed by atoms with van der Waals surface area (Å²) in [7, 11) is 0. The van der Waals surface area contributed by atoms with Crippen LogP contribution in [-0.4, -0.2) is 20.2 Å². The van der Waals surface area contributed by atoms with Crippen LogP contribution in [0, 0.1) is 6.92 Å². The minimum absolute atomic E-state index is 0.316. The molecule has 3 rings (SSSR count). The highest BCUT2D eigenvalue weighted by molar-refractivity contribution is 5.35. The number of hydrogen-bond acceptors (Lipinski definition) is 4. The van der Waals surface area contributed by atoms with Gasteiger partial charge >= 0.3 is 0 Å². The molecule has 0 unspecified atom stereocenters. The fraction of sp³-hybridized carbons (Fsp3) is 0.316. The molecule has 1 aromatic heterocycles. The molecule has 0 saturated carbocycles. The van der Waals surface area contributed by atoms with Crippen molar-refractivity contribution in [1.82, 2.24) is 25.5 Å². The van der Waals surface area contributed by atoms with E-state index in [1.807, 2.05) is 22.9 Å². The number of aryl methyl sites for hydroxylation is 1. The van der Waals surface area contributed by atoms with Crippen LogP contribution < -0.4 is 5.32 Å². The average molecular weight is 321 g/mol. The second-order valence-electron chi connectivity index (χ2n) is 6.28. The van der Waals surface area contributed by atoms with Gasteiger partial charge in [0.2, 0.25) is 0 Å². The lowest BCUT2D eigenvalue weighted by Crippen LogP contribution is -2.41. The largest absolute Gasteiger partial charge is 0.301 e. The summed E-state index contributed by atoms with van der Waals surface area (Å²) in [6.07, 6.45) is 0.881. The summed E-state index contributed by atoms with van der Waals surface area (Å²) in [5, 5.41) is 16.1. The van der Waals surface area contributed by atoms with E-state index in [4.69, 9.17) is 0 Å². The Labute approximate surface area is 142 Å². The average Bonchev–Trinajstić information content (AvgIpc) is 3.11. The van der Waals surface area contributed by atoms with E-state index in [0.29, 0.717) is 0 Å². The highest BCUT2D eigenvalue weighted by atomic mass is 15.6. The van der Waals surface area contributed by atoms with Crippen LogP contribution in [-0.2, 0) is 12.1 Å². The van der Waals surface area contributed by atoms with Gasteiger partial charge in [-0.3, -0.25) is 0 Å². The van der Waals surface area contributed by atoms with E-state index >= 15 is 0 Å². The van der Waals surface area contributed by atoms with Crippen LogP contribution in [0.15, 0.2) is 54.6 Å². The molecule has 1 heterocycles. The molecular formula is C19H23N5. The molecule has 5 nitrogen and oxygen atoms in total. The minimum atomic E-state index is -0.316. The molecule has 24 heavy (non-hydrogen) atoms. The summed E-state index contributed by atoms with van der Waals surface area (Å²) in [4.78, 5) is 0. The topological polar surface area (TPSA) is 55.6 Å². The fourth-order valence-corrected chi connectivity index (χ4v) is 2.72. The Balaban J connectivity index is 1.89. The summed E-state index contributed by atoms with van der Waals surface area (Å²) < 4.78 is 1.83. The number of hydrogen-bond donors (Lipinski definition) is 1. The van der Waals surface area contributed by atoms with Crippen molar-refractivity contribution in [3.05, 3.63) is 71.5 Å². The van der Waals surface area contributed by atoms with Gasteiger partial charge in [0.25, 0.3) is 0 Å². The third-order valence-corrected chi connectivity index (χ3v) is 4.44. The number of rotatable bonds is 6. The number of aromatic nitrogens is 4. The molecule has 124 valence electrons. The lowest BCUT2D eigenvalue weighted by atomic mass is 9.97. The van der Waals surface area contributed by atoms with Crippen LogP contribution in [0.2, 0.25) is 0 Å². The number of nitrogens with zero attached hydrogens (tertiary/aromatic N) is 4. The van der Waals surface area contributed by atoms with Crippen molar-refractivity contribution in [3.8, 4) is 5.69 Å². The Kier molecular flexibility index (Phi) is 4.71. The lowest BCUT2D eigenvalue weighted by Gasteiger charge is -2.28. The quantitative estimate of drug-likeness (QED) is 0.756.